The molecule has 9 nitrogen and oxygen atoms in total. The molecule has 1 aliphatic heterocycles. The highest BCUT2D eigenvalue weighted by Gasteiger charge is 2.35. The highest BCUT2D eigenvalue weighted by Crippen LogP contribution is 2.35. The standard InChI is InChI=1S/C28H28FN5O4/c1-37-25-11-5-4-10-24(25)34(26(35)18-33-23-9-3-2-8-22(23)31-32-33)27(19-12-14-20(29)15-13-19)28(36)30-17-21-7-6-16-38-21/h2-5,8-15,21,27H,6-7,16-18H2,1H3,(H,30,36). The van der Waals surface area contributed by atoms with Crippen molar-refractivity contribution in [1.29, 1.82) is 0 Å². The molecule has 5 rings (SSSR count). The number of aromatic nitrogens is 3. The number of nitrogens with one attached hydrogen (secondary N) is 1. The predicted molar refractivity (Wildman–Crippen MR) is 139 cm³/mol. The zero-order valence-corrected chi connectivity index (χ0v) is 20.9. The van der Waals surface area contributed by atoms with E-state index in [0.29, 0.717) is 41.2 Å². The number of anilines is 1. The number of hydrogen-bond acceptors (Lipinski definition) is 6. The van der Waals surface area contributed by atoms with Crippen molar-refractivity contribution in [2.24, 2.45) is 0 Å². The van der Waals surface area contributed by atoms with Gasteiger partial charge in [-0.2, -0.15) is 0 Å². The summed E-state index contributed by atoms with van der Waals surface area (Å²) in [6.45, 7) is 0.771. The van der Waals surface area contributed by atoms with Gasteiger partial charge in [0.05, 0.1) is 24.4 Å². The Kier molecular flexibility index (Phi) is 7.60. The van der Waals surface area contributed by atoms with Crippen LogP contribution < -0.4 is 15.0 Å². The summed E-state index contributed by atoms with van der Waals surface area (Å²) in [6.07, 6.45) is 1.68. The SMILES string of the molecule is COc1ccccc1N(C(=O)Cn1nnc2ccccc21)C(C(=O)NCC1CCCO1)c1ccc(F)cc1. The third kappa shape index (κ3) is 5.35. The first-order valence-corrected chi connectivity index (χ1v) is 12.4. The molecular formula is C28H28FN5O4. The first-order chi connectivity index (χ1) is 18.5. The average molecular weight is 518 g/mol. The Bertz CT molecular complexity index is 1420. The van der Waals surface area contributed by atoms with Gasteiger partial charge in [-0.05, 0) is 54.8 Å². The van der Waals surface area contributed by atoms with Gasteiger partial charge in [-0.3, -0.25) is 14.5 Å². The predicted octanol–water partition coefficient (Wildman–Crippen LogP) is 3.65. The summed E-state index contributed by atoms with van der Waals surface area (Å²) in [4.78, 5) is 29.2. The zero-order chi connectivity index (χ0) is 26.5. The lowest BCUT2D eigenvalue weighted by atomic mass is 10.0. The average Bonchev–Trinajstić information content (AvgIpc) is 3.61. The van der Waals surface area contributed by atoms with Gasteiger partial charge in [-0.1, -0.05) is 41.6 Å². The number of benzene rings is 3. The minimum atomic E-state index is -1.12. The maximum absolute atomic E-state index is 14.1. The summed E-state index contributed by atoms with van der Waals surface area (Å²) >= 11 is 0. The van der Waals surface area contributed by atoms with Gasteiger partial charge in [0.25, 0.3) is 0 Å². The van der Waals surface area contributed by atoms with E-state index in [-0.39, 0.29) is 12.6 Å². The summed E-state index contributed by atoms with van der Waals surface area (Å²) in [5, 5.41) is 11.2. The Morgan fingerprint density at radius 2 is 1.89 bits per heavy atom. The Labute approximate surface area is 219 Å². The number of methoxy groups -OCH3 is 1. The first kappa shape index (κ1) is 25.3. The van der Waals surface area contributed by atoms with Crippen LogP contribution in [0, 0.1) is 5.82 Å². The van der Waals surface area contributed by atoms with Crippen molar-refractivity contribution in [3.05, 3.63) is 84.2 Å². The molecule has 2 heterocycles. The molecule has 2 unspecified atom stereocenters. The third-order valence-electron chi connectivity index (χ3n) is 6.54. The lowest BCUT2D eigenvalue weighted by Crippen LogP contribution is -2.46. The van der Waals surface area contributed by atoms with Crippen molar-refractivity contribution in [1.82, 2.24) is 20.3 Å². The van der Waals surface area contributed by atoms with Crippen LogP contribution in [-0.4, -0.2) is 53.2 Å². The summed E-state index contributed by atoms with van der Waals surface area (Å²) in [7, 11) is 1.50. The zero-order valence-electron chi connectivity index (χ0n) is 20.9. The number of ether oxygens (including phenoxy) is 2. The molecule has 0 radical (unpaired) electrons. The maximum atomic E-state index is 14.1. The summed E-state index contributed by atoms with van der Waals surface area (Å²) in [5.41, 5.74) is 2.17. The molecule has 1 aliphatic rings. The Hall–Kier alpha value is -4.31. The number of carbonyl (C=O) groups is 2. The van der Waals surface area contributed by atoms with Gasteiger partial charge in [0.2, 0.25) is 11.8 Å². The normalized spacial score (nSPS) is 15.8. The quantitative estimate of drug-likeness (QED) is 0.364. The van der Waals surface area contributed by atoms with Crippen molar-refractivity contribution < 1.29 is 23.5 Å². The Morgan fingerprint density at radius 1 is 1.13 bits per heavy atom. The molecule has 0 aliphatic carbocycles. The van der Waals surface area contributed by atoms with Crippen LogP contribution in [0.5, 0.6) is 5.75 Å². The fourth-order valence-electron chi connectivity index (χ4n) is 4.66. The van der Waals surface area contributed by atoms with Crippen LogP contribution in [0.4, 0.5) is 10.1 Å². The molecule has 1 N–H and O–H groups in total. The molecule has 38 heavy (non-hydrogen) atoms. The molecule has 1 fully saturated rings. The molecule has 3 aromatic carbocycles. The monoisotopic (exact) mass is 517 g/mol. The topological polar surface area (TPSA) is 98.6 Å². The fourth-order valence-corrected chi connectivity index (χ4v) is 4.66. The molecule has 10 heteroatoms. The second kappa shape index (κ2) is 11.4. The van der Waals surface area contributed by atoms with Crippen LogP contribution in [0.1, 0.15) is 24.4 Å². The van der Waals surface area contributed by atoms with Crippen LogP contribution >= 0.6 is 0 Å². The van der Waals surface area contributed by atoms with E-state index in [2.05, 4.69) is 15.6 Å². The van der Waals surface area contributed by atoms with E-state index >= 15 is 0 Å². The van der Waals surface area contributed by atoms with Gasteiger partial charge in [0.1, 0.15) is 29.7 Å². The molecule has 2 amide bonds. The second-order valence-electron chi connectivity index (χ2n) is 9.01. The van der Waals surface area contributed by atoms with E-state index in [4.69, 9.17) is 9.47 Å². The number of halogens is 1. The number of rotatable bonds is 9. The van der Waals surface area contributed by atoms with E-state index < -0.39 is 23.7 Å². The molecule has 0 spiro atoms. The lowest BCUT2D eigenvalue weighted by molar-refractivity contribution is -0.127. The molecule has 0 saturated carbocycles. The van der Waals surface area contributed by atoms with Crippen molar-refractivity contribution in [2.45, 2.75) is 31.5 Å². The van der Waals surface area contributed by atoms with Crippen molar-refractivity contribution >= 4 is 28.5 Å². The molecule has 196 valence electrons. The first-order valence-electron chi connectivity index (χ1n) is 12.4. The van der Waals surface area contributed by atoms with Crippen LogP contribution in [0.15, 0.2) is 72.8 Å². The highest BCUT2D eigenvalue weighted by molar-refractivity contribution is 6.02. The fraction of sp³-hybridized carbons (Fsp3) is 0.286. The van der Waals surface area contributed by atoms with Gasteiger partial charge < -0.3 is 14.8 Å². The molecule has 4 aromatic rings. The minimum Gasteiger partial charge on any atom is -0.495 e. The van der Waals surface area contributed by atoms with E-state index in [0.717, 1.165) is 12.8 Å². The number of hydrogen-bond donors (Lipinski definition) is 1. The van der Waals surface area contributed by atoms with Crippen LogP contribution in [0.2, 0.25) is 0 Å². The smallest absolute Gasteiger partial charge is 0.249 e. The minimum absolute atomic E-state index is 0.0928. The molecule has 0 bridgehead atoms. The number of para-hydroxylation sites is 3. The van der Waals surface area contributed by atoms with E-state index in [1.807, 2.05) is 18.2 Å². The van der Waals surface area contributed by atoms with Crippen LogP contribution in [0.3, 0.4) is 0 Å². The maximum Gasteiger partial charge on any atom is 0.249 e. The number of nitrogens with zero attached hydrogens (tertiary/aromatic N) is 4. The van der Waals surface area contributed by atoms with E-state index in [1.54, 1.807) is 30.3 Å². The molecule has 1 saturated heterocycles. The second-order valence-corrected chi connectivity index (χ2v) is 9.01. The van der Waals surface area contributed by atoms with Gasteiger partial charge in [0, 0.05) is 13.2 Å². The van der Waals surface area contributed by atoms with Crippen LogP contribution in [-0.2, 0) is 20.9 Å². The molecule has 1 aromatic heterocycles. The Balaban J connectivity index is 1.56. The number of amides is 2. The molecule has 2 atom stereocenters. The van der Waals surface area contributed by atoms with Gasteiger partial charge >= 0.3 is 0 Å². The van der Waals surface area contributed by atoms with Gasteiger partial charge in [-0.15, -0.1) is 5.10 Å². The van der Waals surface area contributed by atoms with Crippen molar-refractivity contribution in [3.8, 4) is 5.75 Å². The molecular weight excluding hydrogens is 489 g/mol. The van der Waals surface area contributed by atoms with Crippen molar-refractivity contribution in [3.63, 3.8) is 0 Å². The van der Waals surface area contributed by atoms with Gasteiger partial charge in [-0.25, -0.2) is 9.07 Å². The van der Waals surface area contributed by atoms with E-state index in [1.165, 1.54) is 41.0 Å². The highest BCUT2D eigenvalue weighted by atomic mass is 19.1. The Morgan fingerprint density at radius 3 is 2.66 bits per heavy atom. The summed E-state index contributed by atoms with van der Waals surface area (Å²) in [6, 6.07) is 18.7. The van der Waals surface area contributed by atoms with Crippen LogP contribution in [0.25, 0.3) is 11.0 Å². The number of fused-ring (bicyclic) bond motifs is 1. The van der Waals surface area contributed by atoms with E-state index in [9.17, 15) is 14.0 Å². The largest absolute Gasteiger partial charge is 0.495 e. The number of carbonyl (C=O) groups excluding carboxylic acids is 2. The lowest BCUT2D eigenvalue weighted by Gasteiger charge is -2.32. The third-order valence-corrected chi connectivity index (χ3v) is 6.54. The summed E-state index contributed by atoms with van der Waals surface area (Å²) < 4.78 is 26.6. The van der Waals surface area contributed by atoms with Crippen molar-refractivity contribution in [2.75, 3.05) is 25.2 Å². The summed E-state index contributed by atoms with van der Waals surface area (Å²) in [5.74, 6) is -0.888. The van der Waals surface area contributed by atoms with Gasteiger partial charge in [0.15, 0.2) is 0 Å².